The van der Waals surface area contributed by atoms with Gasteiger partial charge in [-0.3, -0.25) is 4.68 Å². The molecule has 0 radical (unpaired) electrons. The van der Waals surface area contributed by atoms with Crippen LogP contribution in [0.25, 0.3) is 0 Å². The van der Waals surface area contributed by atoms with Gasteiger partial charge in [-0.1, -0.05) is 6.07 Å². The number of nitrogens with zero attached hydrogens (tertiary/aromatic N) is 2. The van der Waals surface area contributed by atoms with Crippen LogP contribution >= 0.6 is 11.3 Å². The van der Waals surface area contributed by atoms with E-state index in [0.717, 1.165) is 18.7 Å². The summed E-state index contributed by atoms with van der Waals surface area (Å²) in [5.41, 5.74) is 1.06. The van der Waals surface area contributed by atoms with Crippen molar-refractivity contribution in [2.24, 2.45) is 7.05 Å². The lowest BCUT2D eigenvalue weighted by molar-refractivity contribution is 0.0300. The van der Waals surface area contributed by atoms with E-state index in [1.807, 2.05) is 36.8 Å². The smallest absolute Gasteiger partial charge is 0.0897 e. The third-order valence-electron chi connectivity index (χ3n) is 2.84. The molecule has 5 nitrogen and oxygen atoms in total. The molecule has 1 unspecified atom stereocenters. The molecular formula is C14H21N3O2S. The molecule has 0 amide bonds. The minimum Gasteiger partial charge on any atom is -0.389 e. The largest absolute Gasteiger partial charge is 0.389 e. The molecule has 0 bridgehead atoms. The predicted molar refractivity (Wildman–Crippen MR) is 79.8 cm³/mol. The van der Waals surface area contributed by atoms with Crippen molar-refractivity contribution in [1.82, 2.24) is 15.1 Å². The Kier molecular flexibility index (Phi) is 6.20. The number of aryl methyl sites for hydroxylation is 1. The molecule has 2 aromatic heterocycles. The Labute approximate surface area is 123 Å². The Bertz CT molecular complexity index is 484. The standard InChI is InChI=1S/C14H21N3O2S/c1-17-7-5-12(16-17)4-6-15-9-13(18)10-19-11-14-3-2-8-20-14/h2-3,5,7-8,13,15,18H,4,6,9-11H2,1H3. The molecule has 6 heteroatoms. The van der Waals surface area contributed by atoms with Crippen LogP contribution in [0.4, 0.5) is 0 Å². The average molecular weight is 295 g/mol. The van der Waals surface area contributed by atoms with Crippen LogP contribution in [0, 0.1) is 0 Å². The minimum atomic E-state index is -0.473. The summed E-state index contributed by atoms with van der Waals surface area (Å²) in [6, 6.07) is 6.03. The summed E-state index contributed by atoms with van der Waals surface area (Å²) < 4.78 is 7.26. The van der Waals surface area contributed by atoms with Crippen LogP contribution in [0.1, 0.15) is 10.6 Å². The van der Waals surface area contributed by atoms with Gasteiger partial charge in [0.2, 0.25) is 0 Å². The molecule has 0 aliphatic carbocycles. The lowest BCUT2D eigenvalue weighted by atomic mass is 10.3. The molecule has 0 aliphatic heterocycles. The number of thiophene rings is 1. The van der Waals surface area contributed by atoms with Crippen LogP contribution in [0.5, 0.6) is 0 Å². The molecule has 20 heavy (non-hydrogen) atoms. The minimum absolute atomic E-state index is 0.356. The number of rotatable bonds is 9. The Balaban J connectivity index is 1.50. The zero-order chi connectivity index (χ0) is 14.2. The van der Waals surface area contributed by atoms with Gasteiger partial charge in [-0.2, -0.15) is 5.10 Å². The van der Waals surface area contributed by atoms with E-state index in [-0.39, 0.29) is 0 Å². The van der Waals surface area contributed by atoms with Gasteiger partial charge in [0, 0.05) is 37.6 Å². The maximum atomic E-state index is 9.78. The average Bonchev–Trinajstić information content (AvgIpc) is 3.06. The van der Waals surface area contributed by atoms with Crippen molar-refractivity contribution in [2.75, 3.05) is 19.7 Å². The van der Waals surface area contributed by atoms with Gasteiger partial charge in [0.25, 0.3) is 0 Å². The zero-order valence-corrected chi connectivity index (χ0v) is 12.5. The first-order chi connectivity index (χ1) is 9.74. The number of hydrogen-bond acceptors (Lipinski definition) is 5. The van der Waals surface area contributed by atoms with Crippen LogP contribution < -0.4 is 5.32 Å². The predicted octanol–water partition coefficient (Wildman–Crippen LogP) is 1.19. The maximum absolute atomic E-state index is 9.78. The van der Waals surface area contributed by atoms with E-state index in [0.29, 0.717) is 19.8 Å². The molecule has 0 aromatic carbocycles. The SMILES string of the molecule is Cn1ccc(CCNCC(O)COCc2cccs2)n1. The summed E-state index contributed by atoms with van der Waals surface area (Å²) in [7, 11) is 1.91. The molecular weight excluding hydrogens is 274 g/mol. The van der Waals surface area contributed by atoms with Gasteiger partial charge in [-0.15, -0.1) is 11.3 Å². The van der Waals surface area contributed by atoms with Crippen LogP contribution in [-0.2, 0) is 24.8 Å². The van der Waals surface area contributed by atoms with E-state index < -0.39 is 6.10 Å². The van der Waals surface area contributed by atoms with E-state index in [2.05, 4.69) is 10.4 Å². The topological polar surface area (TPSA) is 59.3 Å². The lowest BCUT2D eigenvalue weighted by Gasteiger charge is -2.11. The summed E-state index contributed by atoms with van der Waals surface area (Å²) in [5, 5.41) is 19.3. The Morgan fingerprint density at radius 1 is 1.50 bits per heavy atom. The van der Waals surface area contributed by atoms with Crippen molar-refractivity contribution in [3.8, 4) is 0 Å². The maximum Gasteiger partial charge on any atom is 0.0897 e. The van der Waals surface area contributed by atoms with Crippen molar-refractivity contribution < 1.29 is 9.84 Å². The van der Waals surface area contributed by atoms with Gasteiger partial charge >= 0.3 is 0 Å². The highest BCUT2D eigenvalue weighted by molar-refractivity contribution is 7.09. The highest BCUT2D eigenvalue weighted by Crippen LogP contribution is 2.09. The van der Waals surface area contributed by atoms with Gasteiger partial charge in [-0.25, -0.2) is 0 Å². The number of aliphatic hydroxyl groups is 1. The number of nitrogens with one attached hydrogen (secondary N) is 1. The highest BCUT2D eigenvalue weighted by atomic mass is 32.1. The number of aliphatic hydroxyl groups excluding tert-OH is 1. The molecule has 0 spiro atoms. The number of ether oxygens (including phenoxy) is 1. The second-order valence-electron chi connectivity index (χ2n) is 4.68. The van der Waals surface area contributed by atoms with Crippen molar-refractivity contribution in [3.63, 3.8) is 0 Å². The van der Waals surface area contributed by atoms with Gasteiger partial charge in [0.05, 0.1) is 25.0 Å². The van der Waals surface area contributed by atoms with E-state index >= 15 is 0 Å². The first kappa shape index (κ1) is 15.2. The second kappa shape index (κ2) is 8.16. The normalized spacial score (nSPS) is 12.7. The summed E-state index contributed by atoms with van der Waals surface area (Å²) >= 11 is 1.66. The first-order valence-corrected chi connectivity index (χ1v) is 7.59. The van der Waals surface area contributed by atoms with E-state index in [1.165, 1.54) is 4.88 Å². The molecule has 110 valence electrons. The number of hydrogen-bond donors (Lipinski definition) is 2. The fourth-order valence-corrected chi connectivity index (χ4v) is 2.47. The Morgan fingerprint density at radius 2 is 2.40 bits per heavy atom. The summed E-state index contributed by atoms with van der Waals surface area (Å²) in [6.45, 7) is 2.27. The van der Waals surface area contributed by atoms with Crippen molar-refractivity contribution in [2.45, 2.75) is 19.1 Å². The molecule has 0 fully saturated rings. The van der Waals surface area contributed by atoms with Gasteiger partial charge < -0.3 is 15.2 Å². The molecule has 0 saturated carbocycles. The summed E-state index contributed by atoms with van der Waals surface area (Å²) in [6.07, 6.45) is 2.32. The second-order valence-corrected chi connectivity index (χ2v) is 5.72. The van der Waals surface area contributed by atoms with Crippen molar-refractivity contribution in [1.29, 1.82) is 0 Å². The van der Waals surface area contributed by atoms with Crippen molar-refractivity contribution >= 4 is 11.3 Å². The molecule has 1 atom stereocenters. The zero-order valence-electron chi connectivity index (χ0n) is 11.7. The Hall–Kier alpha value is -1.21. The molecule has 2 heterocycles. The Morgan fingerprint density at radius 3 is 3.10 bits per heavy atom. The third kappa shape index (κ3) is 5.42. The van der Waals surface area contributed by atoms with Crippen LogP contribution in [-0.4, -0.2) is 40.7 Å². The molecule has 2 N–H and O–H groups in total. The van der Waals surface area contributed by atoms with E-state index in [9.17, 15) is 5.11 Å². The van der Waals surface area contributed by atoms with Crippen molar-refractivity contribution in [3.05, 3.63) is 40.3 Å². The van der Waals surface area contributed by atoms with Crippen LogP contribution in [0.15, 0.2) is 29.8 Å². The first-order valence-electron chi connectivity index (χ1n) is 6.71. The fraction of sp³-hybridized carbons (Fsp3) is 0.500. The fourth-order valence-electron chi connectivity index (χ4n) is 1.83. The third-order valence-corrected chi connectivity index (χ3v) is 3.69. The molecule has 0 saturated heterocycles. The number of aromatic nitrogens is 2. The molecule has 2 aromatic rings. The van der Waals surface area contributed by atoms with E-state index in [1.54, 1.807) is 16.0 Å². The molecule has 2 rings (SSSR count). The van der Waals surface area contributed by atoms with Gasteiger partial charge in [0.1, 0.15) is 0 Å². The van der Waals surface area contributed by atoms with Crippen LogP contribution in [0.3, 0.4) is 0 Å². The van der Waals surface area contributed by atoms with Crippen LogP contribution in [0.2, 0.25) is 0 Å². The quantitative estimate of drug-likeness (QED) is 0.682. The van der Waals surface area contributed by atoms with Gasteiger partial charge in [0.15, 0.2) is 0 Å². The highest BCUT2D eigenvalue weighted by Gasteiger charge is 2.04. The van der Waals surface area contributed by atoms with Gasteiger partial charge in [-0.05, 0) is 17.5 Å². The monoisotopic (exact) mass is 295 g/mol. The summed E-state index contributed by atoms with van der Waals surface area (Å²) in [4.78, 5) is 1.18. The summed E-state index contributed by atoms with van der Waals surface area (Å²) in [5.74, 6) is 0. The van der Waals surface area contributed by atoms with E-state index in [4.69, 9.17) is 4.74 Å². The lowest BCUT2D eigenvalue weighted by Crippen LogP contribution is -2.31. The molecule has 0 aliphatic rings.